The smallest absolute Gasteiger partial charge is 0.224 e. The number of carbonyl (C=O) groups excluding carboxylic acids is 1. The lowest BCUT2D eigenvalue weighted by atomic mass is 10.1. The molecule has 1 heterocycles. The number of carbonyl (C=O) groups is 1. The zero-order valence-electron chi connectivity index (χ0n) is 20.9. The van der Waals surface area contributed by atoms with Crippen LogP contribution >= 0.6 is 0 Å². The molecule has 0 aliphatic carbocycles. The lowest BCUT2D eigenvalue weighted by Crippen LogP contribution is -2.34. The molecule has 2 N–H and O–H groups in total. The second-order valence-corrected chi connectivity index (χ2v) is 8.50. The maximum absolute atomic E-state index is 12.2. The molecule has 0 saturated heterocycles. The number of imidazole rings is 1. The van der Waals surface area contributed by atoms with Crippen molar-refractivity contribution in [2.75, 3.05) is 27.3 Å². The summed E-state index contributed by atoms with van der Waals surface area (Å²) in [5.41, 5.74) is 3.32. The van der Waals surface area contributed by atoms with E-state index in [1.54, 1.807) is 26.7 Å². The van der Waals surface area contributed by atoms with Crippen molar-refractivity contribution in [2.24, 2.45) is 0 Å². The van der Waals surface area contributed by atoms with Gasteiger partial charge in [0.25, 0.3) is 0 Å². The molecule has 2 aromatic carbocycles. The number of hydrogen-bond acceptors (Lipinski definition) is 5. The molecule has 7 nitrogen and oxygen atoms in total. The van der Waals surface area contributed by atoms with Gasteiger partial charge in [0.1, 0.15) is 11.5 Å². The number of aromatic nitrogens is 2. The van der Waals surface area contributed by atoms with Crippen molar-refractivity contribution in [3.63, 3.8) is 0 Å². The minimum atomic E-state index is 0.0377. The van der Waals surface area contributed by atoms with Gasteiger partial charge in [-0.2, -0.15) is 0 Å². The number of nitrogens with zero attached hydrogens (tertiary/aromatic N) is 2. The van der Waals surface area contributed by atoms with Crippen molar-refractivity contribution in [1.82, 2.24) is 20.2 Å². The Morgan fingerprint density at radius 2 is 1.83 bits per heavy atom. The average molecular weight is 477 g/mol. The van der Waals surface area contributed by atoms with E-state index in [4.69, 9.17) is 9.47 Å². The Labute approximate surface area is 208 Å². The Kier molecular flexibility index (Phi) is 10.4. The van der Waals surface area contributed by atoms with Crippen LogP contribution < -0.4 is 20.1 Å². The van der Waals surface area contributed by atoms with Crippen LogP contribution in [0.15, 0.2) is 67.3 Å². The van der Waals surface area contributed by atoms with E-state index in [2.05, 4.69) is 15.6 Å². The molecule has 186 valence electrons. The predicted molar refractivity (Wildman–Crippen MR) is 140 cm³/mol. The second-order valence-electron chi connectivity index (χ2n) is 8.50. The van der Waals surface area contributed by atoms with Gasteiger partial charge in [0.05, 0.1) is 20.5 Å². The fourth-order valence-corrected chi connectivity index (χ4v) is 3.75. The normalized spacial score (nSPS) is 12.0. The fourth-order valence-electron chi connectivity index (χ4n) is 3.75. The van der Waals surface area contributed by atoms with E-state index in [1.165, 1.54) is 5.56 Å². The molecule has 3 aromatic rings. The molecule has 1 amide bonds. The van der Waals surface area contributed by atoms with Crippen LogP contribution in [0.1, 0.15) is 37.3 Å². The summed E-state index contributed by atoms with van der Waals surface area (Å²) in [6.07, 6.45) is 12.5. The first-order valence-electron chi connectivity index (χ1n) is 12.0. The van der Waals surface area contributed by atoms with Crippen LogP contribution in [0.3, 0.4) is 0 Å². The van der Waals surface area contributed by atoms with E-state index in [9.17, 15) is 4.79 Å². The summed E-state index contributed by atoms with van der Waals surface area (Å²) in [6, 6.07) is 14.2. The Balaban J connectivity index is 1.28. The Hall–Kier alpha value is -3.58. The SMILES string of the molecule is COc1cc(CCCNCCC(C)NC(=O)C/C=C/c2ccc(-n3ccnc3)cc2)cc(OC)c1. The van der Waals surface area contributed by atoms with Crippen molar-refractivity contribution < 1.29 is 14.3 Å². The number of ether oxygens (including phenoxy) is 2. The first-order valence-corrected chi connectivity index (χ1v) is 12.0. The van der Waals surface area contributed by atoms with Gasteiger partial charge >= 0.3 is 0 Å². The number of hydrogen-bond donors (Lipinski definition) is 2. The summed E-state index contributed by atoms with van der Waals surface area (Å²) in [5, 5.41) is 6.53. The summed E-state index contributed by atoms with van der Waals surface area (Å²) in [7, 11) is 3.33. The van der Waals surface area contributed by atoms with Gasteiger partial charge in [-0.3, -0.25) is 4.79 Å². The van der Waals surface area contributed by atoms with Crippen molar-refractivity contribution >= 4 is 12.0 Å². The summed E-state index contributed by atoms with van der Waals surface area (Å²) >= 11 is 0. The van der Waals surface area contributed by atoms with E-state index < -0.39 is 0 Å². The third kappa shape index (κ3) is 8.94. The molecule has 0 bridgehead atoms. The van der Waals surface area contributed by atoms with E-state index in [-0.39, 0.29) is 11.9 Å². The third-order valence-electron chi connectivity index (χ3n) is 5.70. The highest BCUT2D eigenvalue weighted by atomic mass is 16.5. The summed E-state index contributed by atoms with van der Waals surface area (Å²) in [6.45, 7) is 3.82. The predicted octanol–water partition coefficient (Wildman–Crippen LogP) is 4.41. The van der Waals surface area contributed by atoms with E-state index in [0.29, 0.717) is 6.42 Å². The molecule has 1 atom stereocenters. The minimum absolute atomic E-state index is 0.0377. The van der Waals surface area contributed by atoms with E-state index in [1.807, 2.05) is 72.3 Å². The van der Waals surface area contributed by atoms with Gasteiger partial charge in [0, 0.05) is 36.6 Å². The van der Waals surface area contributed by atoms with Crippen LogP contribution in [0.5, 0.6) is 11.5 Å². The largest absolute Gasteiger partial charge is 0.497 e. The molecular weight excluding hydrogens is 440 g/mol. The number of amides is 1. The Morgan fingerprint density at radius 1 is 1.09 bits per heavy atom. The molecule has 35 heavy (non-hydrogen) atoms. The molecule has 0 aliphatic heterocycles. The van der Waals surface area contributed by atoms with Crippen LogP contribution in [0.4, 0.5) is 0 Å². The number of nitrogens with one attached hydrogen (secondary N) is 2. The van der Waals surface area contributed by atoms with Gasteiger partial charge in [-0.25, -0.2) is 4.98 Å². The van der Waals surface area contributed by atoms with Gasteiger partial charge in [-0.15, -0.1) is 0 Å². The third-order valence-corrected chi connectivity index (χ3v) is 5.70. The summed E-state index contributed by atoms with van der Waals surface area (Å²) in [5.74, 6) is 1.67. The van der Waals surface area contributed by atoms with Gasteiger partial charge in [0.15, 0.2) is 0 Å². The molecule has 1 unspecified atom stereocenters. The molecule has 0 radical (unpaired) electrons. The lowest BCUT2D eigenvalue weighted by molar-refractivity contribution is -0.120. The van der Waals surface area contributed by atoms with E-state index in [0.717, 1.165) is 55.1 Å². The number of methoxy groups -OCH3 is 2. The molecule has 0 spiro atoms. The zero-order valence-corrected chi connectivity index (χ0v) is 20.9. The lowest BCUT2D eigenvalue weighted by Gasteiger charge is -2.14. The van der Waals surface area contributed by atoms with Crippen LogP contribution in [0.2, 0.25) is 0 Å². The van der Waals surface area contributed by atoms with Gasteiger partial charge < -0.3 is 24.7 Å². The highest BCUT2D eigenvalue weighted by Crippen LogP contribution is 2.23. The standard InChI is InChI=1S/C28H36N4O3/c1-22(13-15-29-14-5-7-24-18-26(34-2)20-27(19-24)35-3)31-28(33)8-4-6-23-9-11-25(12-10-23)32-17-16-30-21-32/h4,6,9-12,16-22,29H,5,7-8,13-15H2,1-3H3,(H,31,33)/b6-4+. The molecule has 3 rings (SSSR count). The van der Waals surface area contributed by atoms with Gasteiger partial charge in [0.2, 0.25) is 5.91 Å². The fraction of sp³-hybridized carbons (Fsp3) is 0.357. The highest BCUT2D eigenvalue weighted by Gasteiger charge is 2.06. The molecule has 1 aromatic heterocycles. The summed E-state index contributed by atoms with van der Waals surface area (Å²) < 4.78 is 12.6. The van der Waals surface area contributed by atoms with Crippen LogP contribution in [0, 0.1) is 0 Å². The molecule has 0 fully saturated rings. The molecule has 0 saturated carbocycles. The van der Waals surface area contributed by atoms with Crippen molar-refractivity contribution in [3.05, 3.63) is 78.4 Å². The van der Waals surface area contributed by atoms with Crippen molar-refractivity contribution in [1.29, 1.82) is 0 Å². The van der Waals surface area contributed by atoms with Crippen LogP contribution in [-0.4, -0.2) is 48.8 Å². The molecular formula is C28H36N4O3. The average Bonchev–Trinajstić information content (AvgIpc) is 3.41. The number of benzene rings is 2. The maximum atomic E-state index is 12.2. The molecule has 7 heteroatoms. The van der Waals surface area contributed by atoms with Crippen LogP contribution in [0.25, 0.3) is 11.8 Å². The maximum Gasteiger partial charge on any atom is 0.224 e. The van der Waals surface area contributed by atoms with Crippen molar-refractivity contribution in [2.45, 2.75) is 38.6 Å². The van der Waals surface area contributed by atoms with Crippen LogP contribution in [-0.2, 0) is 11.2 Å². The Bertz CT molecular complexity index is 1040. The van der Waals surface area contributed by atoms with E-state index >= 15 is 0 Å². The van der Waals surface area contributed by atoms with Crippen molar-refractivity contribution in [3.8, 4) is 17.2 Å². The Morgan fingerprint density at radius 3 is 2.49 bits per heavy atom. The quantitative estimate of drug-likeness (QED) is 0.337. The summed E-state index contributed by atoms with van der Waals surface area (Å²) in [4.78, 5) is 16.3. The monoisotopic (exact) mass is 476 g/mol. The molecule has 0 aliphatic rings. The topological polar surface area (TPSA) is 77.4 Å². The number of rotatable bonds is 14. The first-order chi connectivity index (χ1) is 17.1. The minimum Gasteiger partial charge on any atom is -0.497 e. The number of aryl methyl sites for hydroxylation is 1. The second kappa shape index (κ2) is 14.0. The van der Waals surface area contributed by atoms with Gasteiger partial charge in [-0.1, -0.05) is 24.3 Å². The highest BCUT2D eigenvalue weighted by molar-refractivity contribution is 5.78. The van der Waals surface area contributed by atoms with Gasteiger partial charge in [-0.05, 0) is 74.7 Å². The first kappa shape index (κ1) is 26.0. The zero-order chi connectivity index (χ0) is 24.9.